The Balaban J connectivity index is 1.63. The summed E-state index contributed by atoms with van der Waals surface area (Å²) in [6.45, 7) is 5.53. The molecule has 1 fully saturated rings. The highest BCUT2D eigenvalue weighted by molar-refractivity contribution is 5.90. The van der Waals surface area contributed by atoms with E-state index in [2.05, 4.69) is 15.3 Å². The summed E-state index contributed by atoms with van der Waals surface area (Å²) in [4.78, 5) is 32.9. The van der Waals surface area contributed by atoms with Crippen LogP contribution in [0.15, 0.2) is 18.3 Å². The van der Waals surface area contributed by atoms with Crippen molar-refractivity contribution in [3.05, 3.63) is 29.7 Å². The number of nitrogens with zero attached hydrogens (tertiary/aromatic N) is 2. The average Bonchev–Trinajstić information content (AvgIpc) is 2.68. The first-order valence-electron chi connectivity index (χ1n) is 9.78. The van der Waals surface area contributed by atoms with Gasteiger partial charge in [0.15, 0.2) is 5.78 Å². The standard InChI is InChI=1S/C21H26FN3O5/c1-21(2,3)30-20(27)24-12-5-7-17(29-11-12)16(26)9-13-14(22)10-23-15-6-8-18(28-4)25-19(13)15/h6,8,10,12,17H,5,7,9,11H2,1-4H3,(H,24,27)/t12-,17+/m1/s1. The molecule has 9 heteroatoms. The van der Waals surface area contributed by atoms with Gasteiger partial charge in [-0.25, -0.2) is 14.2 Å². The van der Waals surface area contributed by atoms with E-state index in [1.165, 1.54) is 7.11 Å². The molecule has 0 aliphatic carbocycles. The molecule has 1 aliphatic heterocycles. The fourth-order valence-corrected chi connectivity index (χ4v) is 3.24. The number of nitrogens with one attached hydrogen (secondary N) is 1. The molecule has 0 spiro atoms. The number of ketones is 1. The number of methoxy groups -OCH3 is 1. The molecular weight excluding hydrogens is 393 g/mol. The van der Waals surface area contributed by atoms with E-state index < -0.39 is 23.6 Å². The molecule has 1 aliphatic rings. The second-order valence-corrected chi connectivity index (χ2v) is 8.19. The number of ether oxygens (including phenoxy) is 3. The molecule has 1 amide bonds. The molecule has 1 N–H and O–H groups in total. The number of hydrogen-bond acceptors (Lipinski definition) is 7. The van der Waals surface area contributed by atoms with Crippen molar-refractivity contribution in [2.75, 3.05) is 13.7 Å². The van der Waals surface area contributed by atoms with Crippen molar-refractivity contribution in [2.45, 2.75) is 57.8 Å². The van der Waals surface area contributed by atoms with E-state index in [0.717, 1.165) is 6.20 Å². The van der Waals surface area contributed by atoms with E-state index in [4.69, 9.17) is 14.2 Å². The lowest BCUT2D eigenvalue weighted by Crippen LogP contribution is -2.46. The summed E-state index contributed by atoms with van der Waals surface area (Å²) in [5.41, 5.74) is 0.349. The first-order chi connectivity index (χ1) is 14.2. The number of fused-ring (bicyclic) bond motifs is 1. The van der Waals surface area contributed by atoms with E-state index in [1.807, 2.05) is 0 Å². The molecule has 1 saturated heterocycles. The highest BCUT2D eigenvalue weighted by Crippen LogP contribution is 2.24. The number of halogens is 1. The van der Waals surface area contributed by atoms with E-state index in [-0.39, 0.29) is 30.4 Å². The predicted octanol–water partition coefficient (Wildman–Crippen LogP) is 2.96. The van der Waals surface area contributed by atoms with Gasteiger partial charge in [-0.1, -0.05) is 0 Å². The predicted molar refractivity (Wildman–Crippen MR) is 107 cm³/mol. The lowest BCUT2D eigenvalue weighted by Gasteiger charge is -2.29. The van der Waals surface area contributed by atoms with Crippen LogP contribution in [0.2, 0.25) is 0 Å². The van der Waals surface area contributed by atoms with Gasteiger partial charge in [-0.15, -0.1) is 0 Å². The second kappa shape index (κ2) is 8.91. The summed E-state index contributed by atoms with van der Waals surface area (Å²) in [6, 6.07) is 3.05. The maximum absolute atomic E-state index is 14.4. The Morgan fingerprint density at radius 2 is 2.07 bits per heavy atom. The molecule has 30 heavy (non-hydrogen) atoms. The third kappa shape index (κ3) is 5.41. The minimum Gasteiger partial charge on any atom is -0.481 e. The van der Waals surface area contributed by atoms with Gasteiger partial charge >= 0.3 is 6.09 Å². The minimum absolute atomic E-state index is 0.167. The molecule has 0 saturated carbocycles. The summed E-state index contributed by atoms with van der Waals surface area (Å²) in [7, 11) is 1.46. The molecule has 8 nitrogen and oxygen atoms in total. The Morgan fingerprint density at radius 3 is 2.70 bits per heavy atom. The molecule has 2 atom stereocenters. The third-order valence-electron chi connectivity index (χ3n) is 4.66. The van der Waals surface area contributed by atoms with Crippen LogP contribution >= 0.6 is 0 Å². The molecule has 162 valence electrons. The summed E-state index contributed by atoms with van der Waals surface area (Å²) >= 11 is 0. The summed E-state index contributed by atoms with van der Waals surface area (Å²) in [6.07, 6.45) is 0.699. The third-order valence-corrected chi connectivity index (χ3v) is 4.66. The number of carbonyl (C=O) groups excluding carboxylic acids is 2. The highest BCUT2D eigenvalue weighted by Gasteiger charge is 2.30. The Morgan fingerprint density at radius 1 is 1.30 bits per heavy atom. The van der Waals surface area contributed by atoms with Crippen LogP contribution in [0.3, 0.4) is 0 Å². The number of hydrogen-bond donors (Lipinski definition) is 1. The normalized spacial score (nSPS) is 19.4. The molecule has 0 radical (unpaired) electrons. The van der Waals surface area contributed by atoms with Crippen LogP contribution in [0.1, 0.15) is 39.2 Å². The van der Waals surface area contributed by atoms with Crippen molar-refractivity contribution >= 4 is 22.9 Å². The van der Waals surface area contributed by atoms with Crippen LogP contribution in [-0.4, -0.2) is 53.3 Å². The van der Waals surface area contributed by atoms with Gasteiger partial charge < -0.3 is 19.5 Å². The van der Waals surface area contributed by atoms with E-state index in [1.54, 1.807) is 32.9 Å². The van der Waals surface area contributed by atoms with Crippen molar-refractivity contribution in [3.8, 4) is 5.88 Å². The maximum atomic E-state index is 14.4. The van der Waals surface area contributed by atoms with Gasteiger partial charge in [0.2, 0.25) is 5.88 Å². The Labute approximate surface area is 174 Å². The SMILES string of the molecule is COc1ccc2ncc(F)c(CC(=O)[C@@H]3CC[C@@H](NC(=O)OC(C)(C)C)CO3)c2n1. The zero-order valence-electron chi connectivity index (χ0n) is 17.5. The molecule has 3 heterocycles. The number of carbonyl (C=O) groups is 2. The minimum atomic E-state index is -0.671. The van der Waals surface area contributed by atoms with Crippen molar-refractivity contribution in [2.24, 2.45) is 0 Å². The molecule has 0 aromatic carbocycles. The topological polar surface area (TPSA) is 99.6 Å². The van der Waals surface area contributed by atoms with Gasteiger partial charge in [0, 0.05) is 18.1 Å². The lowest BCUT2D eigenvalue weighted by molar-refractivity contribution is -0.133. The Bertz CT molecular complexity index is 936. The van der Waals surface area contributed by atoms with Gasteiger partial charge in [-0.2, -0.15) is 0 Å². The maximum Gasteiger partial charge on any atom is 0.407 e. The molecule has 2 aromatic rings. The van der Waals surface area contributed by atoms with Crippen LogP contribution < -0.4 is 10.1 Å². The highest BCUT2D eigenvalue weighted by atomic mass is 19.1. The number of alkyl carbamates (subject to hydrolysis) is 1. The number of pyridine rings is 2. The van der Waals surface area contributed by atoms with Crippen LogP contribution in [-0.2, 0) is 20.7 Å². The number of rotatable bonds is 5. The first kappa shape index (κ1) is 21.9. The zero-order valence-corrected chi connectivity index (χ0v) is 17.5. The summed E-state index contributed by atoms with van der Waals surface area (Å²) in [5, 5.41) is 2.74. The van der Waals surface area contributed by atoms with Gasteiger partial charge in [0.1, 0.15) is 17.5 Å². The lowest BCUT2D eigenvalue weighted by atomic mass is 9.97. The Hall–Kier alpha value is -2.81. The van der Waals surface area contributed by atoms with Crippen molar-refractivity contribution in [1.29, 1.82) is 0 Å². The quantitative estimate of drug-likeness (QED) is 0.795. The van der Waals surface area contributed by atoms with E-state index in [9.17, 15) is 14.0 Å². The van der Waals surface area contributed by atoms with Gasteiger partial charge in [0.05, 0.1) is 37.0 Å². The largest absolute Gasteiger partial charge is 0.481 e. The second-order valence-electron chi connectivity index (χ2n) is 8.19. The number of amides is 1. The van der Waals surface area contributed by atoms with Gasteiger partial charge in [-0.05, 0) is 39.7 Å². The van der Waals surface area contributed by atoms with E-state index in [0.29, 0.717) is 29.8 Å². The summed E-state index contributed by atoms with van der Waals surface area (Å²) in [5.74, 6) is -0.535. The van der Waals surface area contributed by atoms with Crippen LogP contribution in [0.5, 0.6) is 5.88 Å². The van der Waals surface area contributed by atoms with Crippen molar-refractivity contribution in [3.63, 3.8) is 0 Å². The molecular formula is C21H26FN3O5. The fourth-order valence-electron chi connectivity index (χ4n) is 3.24. The van der Waals surface area contributed by atoms with Crippen molar-refractivity contribution < 1.29 is 28.2 Å². The number of Topliss-reactive ketones (excluding diaryl/α,β-unsaturated/α-hetero) is 1. The molecule has 3 rings (SSSR count). The van der Waals surface area contributed by atoms with E-state index >= 15 is 0 Å². The van der Waals surface area contributed by atoms with Crippen LogP contribution in [0.4, 0.5) is 9.18 Å². The molecule has 0 unspecified atom stereocenters. The molecule has 0 bridgehead atoms. The number of aromatic nitrogens is 2. The molecule has 2 aromatic heterocycles. The fraction of sp³-hybridized carbons (Fsp3) is 0.524. The monoisotopic (exact) mass is 419 g/mol. The van der Waals surface area contributed by atoms with Crippen molar-refractivity contribution in [1.82, 2.24) is 15.3 Å². The smallest absolute Gasteiger partial charge is 0.407 e. The van der Waals surface area contributed by atoms with Gasteiger partial charge in [0.25, 0.3) is 0 Å². The van der Waals surface area contributed by atoms with Crippen LogP contribution in [0.25, 0.3) is 11.0 Å². The average molecular weight is 419 g/mol. The zero-order chi connectivity index (χ0) is 21.9. The van der Waals surface area contributed by atoms with Crippen LogP contribution in [0, 0.1) is 5.82 Å². The first-order valence-corrected chi connectivity index (χ1v) is 9.78. The summed E-state index contributed by atoms with van der Waals surface area (Å²) < 4.78 is 30.4. The van der Waals surface area contributed by atoms with Gasteiger partial charge in [-0.3, -0.25) is 9.78 Å². The Kier molecular flexibility index (Phi) is 6.50.